The zero-order chi connectivity index (χ0) is 26.3. The second-order valence-corrected chi connectivity index (χ2v) is 10.4. The molecule has 0 unspecified atom stereocenters. The Hall–Kier alpha value is -3.72. The number of aryl methyl sites for hydroxylation is 2. The van der Waals surface area contributed by atoms with Gasteiger partial charge in [-0.2, -0.15) is 0 Å². The van der Waals surface area contributed by atoms with Crippen molar-refractivity contribution in [2.45, 2.75) is 52.6 Å². The van der Waals surface area contributed by atoms with Crippen LogP contribution in [0.4, 0.5) is 15.6 Å². The third-order valence-electron chi connectivity index (χ3n) is 5.12. The molecular weight excluding hydrogens is 476 g/mol. The van der Waals surface area contributed by atoms with E-state index in [4.69, 9.17) is 4.74 Å². The first-order valence-corrected chi connectivity index (χ1v) is 12.5. The van der Waals surface area contributed by atoms with E-state index in [1.165, 1.54) is 18.3 Å². The molecular formula is C27H32N4O4S. The fourth-order valence-electron chi connectivity index (χ4n) is 3.46. The number of hydrogen-bond acceptors (Lipinski definition) is 6. The minimum absolute atomic E-state index is 0.125. The maximum atomic E-state index is 12.0. The van der Waals surface area contributed by atoms with Crippen LogP contribution in [-0.4, -0.2) is 35.5 Å². The van der Waals surface area contributed by atoms with Gasteiger partial charge in [-0.3, -0.25) is 14.9 Å². The Labute approximate surface area is 215 Å². The van der Waals surface area contributed by atoms with Gasteiger partial charge in [0.1, 0.15) is 5.60 Å². The number of rotatable bonds is 8. The molecule has 190 valence electrons. The van der Waals surface area contributed by atoms with Crippen LogP contribution in [-0.2, 0) is 28.8 Å². The molecule has 0 spiro atoms. The summed E-state index contributed by atoms with van der Waals surface area (Å²) in [6.45, 7) is 6.92. The van der Waals surface area contributed by atoms with E-state index in [0.29, 0.717) is 29.2 Å². The molecule has 0 aliphatic carbocycles. The summed E-state index contributed by atoms with van der Waals surface area (Å²) in [5.74, 6) is -0.287. The molecule has 1 aromatic heterocycles. The lowest BCUT2D eigenvalue weighted by Crippen LogP contribution is -2.27. The lowest BCUT2D eigenvalue weighted by atomic mass is 10.0. The molecule has 3 aromatic rings. The van der Waals surface area contributed by atoms with E-state index in [-0.39, 0.29) is 11.8 Å². The van der Waals surface area contributed by atoms with Crippen LogP contribution in [0.2, 0.25) is 0 Å². The highest BCUT2D eigenvalue weighted by atomic mass is 32.1. The molecule has 0 radical (unpaired) electrons. The number of hydrogen-bond donors (Lipinski definition) is 3. The van der Waals surface area contributed by atoms with Crippen LogP contribution in [0.1, 0.15) is 59.8 Å². The van der Waals surface area contributed by atoms with Crippen LogP contribution in [0.3, 0.4) is 0 Å². The first-order valence-electron chi connectivity index (χ1n) is 11.7. The highest BCUT2D eigenvalue weighted by molar-refractivity contribution is 7.15. The maximum absolute atomic E-state index is 12.0. The number of aromatic nitrogens is 1. The molecule has 0 saturated heterocycles. The fraction of sp³-hybridized carbons (Fsp3) is 0.333. The van der Waals surface area contributed by atoms with Crippen LogP contribution in [0.25, 0.3) is 0 Å². The van der Waals surface area contributed by atoms with Gasteiger partial charge in [0.15, 0.2) is 5.13 Å². The van der Waals surface area contributed by atoms with Crippen molar-refractivity contribution in [3.63, 3.8) is 0 Å². The van der Waals surface area contributed by atoms with Gasteiger partial charge in [-0.15, -0.1) is 11.3 Å². The van der Waals surface area contributed by atoms with Gasteiger partial charge in [-0.05, 0) is 69.0 Å². The molecule has 3 amide bonds. The van der Waals surface area contributed by atoms with Crippen molar-refractivity contribution in [1.82, 2.24) is 10.3 Å². The minimum Gasteiger partial charge on any atom is -0.444 e. The van der Waals surface area contributed by atoms with Crippen molar-refractivity contribution in [3.8, 4) is 0 Å². The number of thiazole rings is 1. The standard InChI is InChI=1S/C27H32N4O4S/c1-17(32)29-25-31-22(23(36-25)16-19-6-11-20(12-7-19)24(33)28-5)15-10-18-8-13-21(14-9-18)30-26(34)35-27(2,3)4/h6-9,11-14H,10,15-16H2,1-5H3,(H,28,33)(H,30,34)(H,29,31,32). The van der Waals surface area contributed by atoms with Crippen molar-refractivity contribution in [2.24, 2.45) is 0 Å². The summed E-state index contributed by atoms with van der Waals surface area (Å²) < 4.78 is 5.29. The fourth-order valence-corrected chi connectivity index (χ4v) is 4.55. The van der Waals surface area contributed by atoms with Crippen LogP contribution >= 0.6 is 11.3 Å². The van der Waals surface area contributed by atoms with Crippen molar-refractivity contribution < 1.29 is 19.1 Å². The molecule has 8 nitrogen and oxygen atoms in total. The van der Waals surface area contributed by atoms with Crippen LogP contribution in [0.15, 0.2) is 48.5 Å². The second-order valence-electron chi connectivity index (χ2n) is 9.35. The van der Waals surface area contributed by atoms with Gasteiger partial charge in [0.05, 0.1) is 5.69 Å². The van der Waals surface area contributed by atoms with Crippen LogP contribution in [0.5, 0.6) is 0 Å². The Bertz CT molecular complexity index is 1210. The van der Waals surface area contributed by atoms with E-state index in [2.05, 4.69) is 20.9 Å². The lowest BCUT2D eigenvalue weighted by molar-refractivity contribution is -0.114. The smallest absolute Gasteiger partial charge is 0.412 e. The Morgan fingerprint density at radius 2 is 1.56 bits per heavy atom. The first kappa shape index (κ1) is 26.9. The summed E-state index contributed by atoms with van der Waals surface area (Å²) in [5, 5.41) is 8.72. The predicted molar refractivity (Wildman–Crippen MR) is 143 cm³/mol. The van der Waals surface area contributed by atoms with E-state index in [1.807, 2.05) is 57.2 Å². The van der Waals surface area contributed by atoms with Gasteiger partial charge in [-0.1, -0.05) is 24.3 Å². The van der Waals surface area contributed by atoms with Gasteiger partial charge in [0.25, 0.3) is 5.91 Å². The van der Waals surface area contributed by atoms with Gasteiger partial charge in [0.2, 0.25) is 5.91 Å². The normalized spacial score (nSPS) is 11.0. The molecule has 0 aliphatic rings. The molecule has 36 heavy (non-hydrogen) atoms. The molecule has 0 aliphatic heterocycles. The average Bonchev–Trinajstić information content (AvgIpc) is 3.17. The number of carbonyl (C=O) groups excluding carboxylic acids is 3. The van der Waals surface area contributed by atoms with E-state index < -0.39 is 11.7 Å². The minimum atomic E-state index is -0.558. The quantitative estimate of drug-likeness (QED) is 0.388. The van der Waals surface area contributed by atoms with Crippen molar-refractivity contribution in [2.75, 3.05) is 17.7 Å². The molecule has 0 atom stereocenters. The Balaban J connectivity index is 1.68. The maximum Gasteiger partial charge on any atom is 0.412 e. The second kappa shape index (κ2) is 11.8. The van der Waals surface area contributed by atoms with Gasteiger partial charge in [-0.25, -0.2) is 9.78 Å². The number of benzene rings is 2. The molecule has 3 rings (SSSR count). The van der Waals surface area contributed by atoms with E-state index >= 15 is 0 Å². The van der Waals surface area contributed by atoms with E-state index in [1.54, 1.807) is 19.2 Å². The van der Waals surface area contributed by atoms with E-state index in [0.717, 1.165) is 28.1 Å². The highest BCUT2D eigenvalue weighted by Crippen LogP contribution is 2.27. The summed E-state index contributed by atoms with van der Waals surface area (Å²) in [6, 6.07) is 15.1. The van der Waals surface area contributed by atoms with Crippen LogP contribution in [0, 0.1) is 0 Å². The number of anilines is 2. The molecule has 3 N–H and O–H groups in total. The first-order chi connectivity index (χ1) is 17.0. The summed E-state index contributed by atoms with van der Waals surface area (Å²) in [6.07, 6.45) is 1.61. The molecule has 0 fully saturated rings. The van der Waals surface area contributed by atoms with Gasteiger partial charge in [0, 0.05) is 36.5 Å². The molecule has 0 bridgehead atoms. The number of amides is 3. The number of ether oxygens (including phenoxy) is 1. The average molecular weight is 509 g/mol. The van der Waals surface area contributed by atoms with Gasteiger partial charge >= 0.3 is 6.09 Å². The van der Waals surface area contributed by atoms with Crippen molar-refractivity contribution >= 4 is 40.1 Å². The Kier molecular flexibility index (Phi) is 8.82. The van der Waals surface area contributed by atoms with Gasteiger partial charge < -0.3 is 15.4 Å². The Morgan fingerprint density at radius 3 is 2.14 bits per heavy atom. The summed E-state index contributed by atoms with van der Waals surface area (Å²) >= 11 is 1.46. The Morgan fingerprint density at radius 1 is 0.917 bits per heavy atom. The third kappa shape index (κ3) is 8.20. The van der Waals surface area contributed by atoms with Crippen molar-refractivity contribution in [1.29, 1.82) is 0 Å². The zero-order valence-corrected chi connectivity index (χ0v) is 22.0. The molecule has 2 aromatic carbocycles. The SMILES string of the molecule is CNC(=O)c1ccc(Cc2sc(NC(C)=O)nc2CCc2ccc(NC(=O)OC(C)(C)C)cc2)cc1. The number of carbonyl (C=O) groups is 3. The lowest BCUT2D eigenvalue weighted by Gasteiger charge is -2.19. The molecule has 1 heterocycles. The van der Waals surface area contributed by atoms with Crippen molar-refractivity contribution in [3.05, 3.63) is 75.8 Å². The van der Waals surface area contributed by atoms with Crippen LogP contribution < -0.4 is 16.0 Å². The summed E-state index contributed by atoms with van der Waals surface area (Å²) in [5.41, 5.74) is 3.79. The monoisotopic (exact) mass is 508 g/mol. The highest BCUT2D eigenvalue weighted by Gasteiger charge is 2.16. The zero-order valence-electron chi connectivity index (χ0n) is 21.2. The summed E-state index contributed by atoms with van der Waals surface area (Å²) in [4.78, 5) is 41.1. The predicted octanol–water partition coefficient (Wildman–Crippen LogP) is 5.18. The van der Waals surface area contributed by atoms with E-state index in [9.17, 15) is 14.4 Å². The number of nitrogens with zero attached hydrogens (tertiary/aromatic N) is 1. The largest absolute Gasteiger partial charge is 0.444 e. The number of nitrogens with one attached hydrogen (secondary N) is 3. The molecule has 0 saturated carbocycles. The molecule has 9 heteroatoms. The third-order valence-corrected chi connectivity index (χ3v) is 6.13. The topological polar surface area (TPSA) is 109 Å². The summed E-state index contributed by atoms with van der Waals surface area (Å²) in [7, 11) is 1.61.